The summed E-state index contributed by atoms with van der Waals surface area (Å²) in [6.45, 7) is 3.30. The Morgan fingerprint density at radius 2 is 1.82 bits per heavy atom. The molecule has 3 aliphatic heterocycles. The van der Waals surface area contributed by atoms with Crippen molar-refractivity contribution in [3.63, 3.8) is 0 Å². The lowest BCUT2D eigenvalue weighted by molar-refractivity contribution is -0.136. The van der Waals surface area contributed by atoms with E-state index in [1.165, 1.54) is 12.8 Å². The van der Waals surface area contributed by atoms with Crippen LogP contribution in [0.15, 0.2) is 18.2 Å². The minimum atomic E-state index is -0.561. The van der Waals surface area contributed by atoms with Crippen molar-refractivity contribution >= 4 is 17.7 Å². The van der Waals surface area contributed by atoms with Gasteiger partial charge in [0, 0.05) is 44.2 Å². The van der Waals surface area contributed by atoms with Crippen LogP contribution < -0.4 is 11.1 Å². The van der Waals surface area contributed by atoms with Crippen LogP contribution in [-0.4, -0.2) is 52.7 Å². The number of likely N-dealkylation sites (tertiary alicyclic amines) is 1. The number of amides is 3. The number of carbonyl (C=O) groups is 3. The molecule has 0 spiro atoms. The maximum absolute atomic E-state index is 13.0. The number of nitrogens with two attached hydrogens (primary N) is 1. The monoisotopic (exact) mass is 382 g/mol. The Morgan fingerprint density at radius 3 is 2.54 bits per heavy atom. The van der Waals surface area contributed by atoms with Gasteiger partial charge in [-0.15, -0.1) is 0 Å². The SMILES string of the molecule is NC1C2CCC1CN(Cc1cccc3c1CN(C1CCC(=O)NC1=O)C3=O)C2. The number of imide groups is 1. The molecule has 3 fully saturated rings. The van der Waals surface area contributed by atoms with Crippen molar-refractivity contribution in [2.24, 2.45) is 17.6 Å². The number of benzene rings is 1. The van der Waals surface area contributed by atoms with Crippen LogP contribution in [0.2, 0.25) is 0 Å². The van der Waals surface area contributed by atoms with Crippen LogP contribution in [0.1, 0.15) is 47.2 Å². The second-order valence-corrected chi connectivity index (χ2v) is 8.71. The molecule has 1 aliphatic carbocycles. The average molecular weight is 382 g/mol. The van der Waals surface area contributed by atoms with Gasteiger partial charge in [-0.05, 0) is 48.3 Å². The molecule has 2 saturated heterocycles. The molecular formula is C21H26N4O3. The third-order valence-corrected chi connectivity index (χ3v) is 7.06. The van der Waals surface area contributed by atoms with E-state index in [1.807, 2.05) is 12.1 Å². The Kier molecular flexibility index (Phi) is 4.25. The van der Waals surface area contributed by atoms with Crippen molar-refractivity contribution in [2.75, 3.05) is 13.1 Å². The zero-order chi connectivity index (χ0) is 19.4. The lowest BCUT2D eigenvalue weighted by Gasteiger charge is -2.36. The Balaban J connectivity index is 1.35. The van der Waals surface area contributed by atoms with E-state index in [4.69, 9.17) is 5.73 Å². The summed E-state index contributed by atoms with van der Waals surface area (Å²) in [6, 6.07) is 5.65. The van der Waals surface area contributed by atoms with Gasteiger partial charge >= 0.3 is 0 Å². The number of carbonyl (C=O) groups excluding carboxylic acids is 3. The summed E-state index contributed by atoms with van der Waals surface area (Å²) < 4.78 is 0. The van der Waals surface area contributed by atoms with Crippen molar-refractivity contribution in [3.8, 4) is 0 Å². The van der Waals surface area contributed by atoms with Crippen molar-refractivity contribution in [2.45, 2.75) is 50.9 Å². The summed E-state index contributed by atoms with van der Waals surface area (Å²) >= 11 is 0. The van der Waals surface area contributed by atoms with Crippen LogP contribution in [0.4, 0.5) is 0 Å². The van der Waals surface area contributed by atoms with Crippen LogP contribution in [0.3, 0.4) is 0 Å². The Morgan fingerprint density at radius 1 is 1.07 bits per heavy atom. The van der Waals surface area contributed by atoms with Gasteiger partial charge in [0.15, 0.2) is 0 Å². The van der Waals surface area contributed by atoms with E-state index in [1.54, 1.807) is 4.90 Å². The van der Waals surface area contributed by atoms with E-state index in [0.29, 0.717) is 36.4 Å². The van der Waals surface area contributed by atoms with Gasteiger partial charge in [-0.1, -0.05) is 12.1 Å². The number of nitrogens with one attached hydrogen (secondary N) is 1. The molecule has 7 nitrogen and oxygen atoms in total. The molecule has 1 saturated carbocycles. The summed E-state index contributed by atoms with van der Waals surface area (Å²) in [5, 5.41) is 2.36. The fourth-order valence-electron chi connectivity index (χ4n) is 5.53. The Bertz CT molecular complexity index is 840. The van der Waals surface area contributed by atoms with E-state index < -0.39 is 6.04 Å². The molecule has 1 aromatic carbocycles. The van der Waals surface area contributed by atoms with Crippen molar-refractivity contribution < 1.29 is 14.4 Å². The Hall–Kier alpha value is -2.25. The van der Waals surface area contributed by atoms with Crippen LogP contribution in [0, 0.1) is 11.8 Å². The lowest BCUT2D eigenvalue weighted by atomic mass is 9.92. The first-order chi connectivity index (χ1) is 13.5. The minimum absolute atomic E-state index is 0.105. The smallest absolute Gasteiger partial charge is 0.255 e. The van der Waals surface area contributed by atoms with Crippen molar-refractivity contribution in [3.05, 3.63) is 34.9 Å². The highest BCUT2D eigenvalue weighted by Crippen LogP contribution is 2.37. The number of nitrogens with zero attached hydrogens (tertiary/aromatic N) is 2. The van der Waals surface area contributed by atoms with E-state index in [0.717, 1.165) is 30.8 Å². The minimum Gasteiger partial charge on any atom is -0.327 e. The molecule has 0 radical (unpaired) electrons. The summed E-state index contributed by atoms with van der Waals surface area (Å²) in [5.74, 6) is 0.436. The summed E-state index contributed by atoms with van der Waals surface area (Å²) in [4.78, 5) is 40.8. The lowest BCUT2D eigenvalue weighted by Crippen LogP contribution is -2.52. The first-order valence-electron chi connectivity index (χ1n) is 10.2. The Labute approximate surface area is 164 Å². The van der Waals surface area contributed by atoms with Crippen LogP contribution in [0.25, 0.3) is 0 Å². The number of hydrogen-bond donors (Lipinski definition) is 2. The van der Waals surface area contributed by atoms with E-state index >= 15 is 0 Å². The first kappa shape index (κ1) is 17.8. The summed E-state index contributed by atoms with van der Waals surface area (Å²) in [7, 11) is 0. The fraction of sp³-hybridized carbons (Fsp3) is 0.571. The molecule has 148 valence electrons. The molecule has 3 atom stereocenters. The zero-order valence-corrected chi connectivity index (χ0v) is 15.9. The highest BCUT2D eigenvalue weighted by Gasteiger charge is 2.42. The van der Waals surface area contributed by atoms with Gasteiger partial charge in [0.05, 0.1) is 0 Å². The largest absolute Gasteiger partial charge is 0.327 e. The molecular weight excluding hydrogens is 356 g/mol. The molecule has 3 amide bonds. The maximum atomic E-state index is 13.0. The van der Waals surface area contributed by atoms with Crippen molar-refractivity contribution in [1.29, 1.82) is 0 Å². The van der Waals surface area contributed by atoms with Gasteiger partial charge in [0.25, 0.3) is 5.91 Å². The molecule has 3 heterocycles. The topological polar surface area (TPSA) is 95.7 Å². The molecule has 4 aliphatic rings. The quantitative estimate of drug-likeness (QED) is 0.747. The van der Waals surface area contributed by atoms with Crippen LogP contribution >= 0.6 is 0 Å². The van der Waals surface area contributed by atoms with Gasteiger partial charge in [-0.25, -0.2) is 0 Å². The van der Waals surface area contributed by atoms with E-state index in [-0.39, 0.29) is 24.1 Å². The molecule has 0 aromatic heterocycles. The van der Waals surface area contributed by atoms with E-state index in [2.05, 4.69) is 16.3 Å². The second-order valence-electron chi connectivity index (χ2n) is 8.71. The number of rotatable bonds is 3. The zero-order valence-electron chi connectivity index (χ0n) is 15.9. The van der Waals surface area contributed by atoms with E-state index in [9.17, 15) is 14.4 Å². The second kappa shape index (κ2) is 6.67. The predicted octanol–water partition coefficient (Wildman–Crippen LogP) is 0.617. The predicted molar refractivity (Wildman–Crippen MR) is 102 cm³/mol. The fourth-order valence-corrected chi connectivity index (χ4v) is 5.53. The summed E-state index contributed by atoms with van der Waals surface area (Å²) in [6.07, 6.45) is 3.11. The van der Waals surface area contributed by atoms with Gasteiger partial charge in [0.1, 0.15) is 6.04 Å². The van der Waals surface area contributed by atoms with Gasteiger partial charge < -0.3 is 10.6 Å². The molecule has 5 rings (SSSR count). The molecule has 28 heavy (non-hydrogen) atoms. The number of hydrogen-bond acceptors (Lipinski definition) is 5. The van der Waals surface area contributed by atoms with Crippen LogP contribution in [-0.2, 0) is 22.7 Å². The number of fused-ring (bicyclic) bond motifs is 3. The van der Waals surface area contributed by atoms with Crippen LogP contribution in [0.5, 0.6) is 0 Å². The molecule has 7 heteroatoms. The maximum Gasteiger partial charge on any atom is 0.255 e. The first-order valence-corrected chi connectivity index (χ1v) is 10.2. The van der Waals surface area contributed by atoms with Crippen molar-refractivity contribution in [1.82, 2.24) is 15.1 Å². The third-order valence-electron chi connectivity index (χ3n) is 7.06. The average Bonchev–Trinajstić information content (AvgIpc) is 3.08. The molecule has 3 N–H and O–H groups in total. The third kappa shape index (κ3) is 2.84. The normalized spacial score (nSPS) is 32.6. The van der Waals surface area contributed by atoms with Gasteiger partial charge in [0.2, 0.25) is 11.8 Å². The molecule has 3 unspecified atom stereocenters. The highest BCUT2D eigenvalue weighted by molar-refractivity contribution is 6.05. The van der Waals surface area contributed by atoms with Gasteiger partial charge in [-0.2, -0.15) is 0 Å². The standard InChI is InChI=1S/C21H26N4O3/c22-19-13-4-5-14(19)10-24(9-13)8-12-2-1-3-15-16(12)11-25(21(15)28)17-6-7-18(26)23-20(17)27/h1-3,13-14,17,19H,4-11,22H2,(H,23,26,27). The molecule has 2 bridgehead atoms. The van der Waals surface area contributed by atoms with Gasteiger partial charge in [-0.3, -0.25) is 24.6 Å². The highest BCUT2D eigenvalue weighted by atomic mass is 16.2. The number of piperidine rings is 2. The molecule has 1 aromatic rings. The summed E-state index contributed by atoms with van der Waals surface area (Å²) in [5.41, 5.74) is 9.22.